The van der Waals surface area contributed by atoms with Crippen molar-refractivity contribution in [1.82, 2.24) is 10.6 Å². The molecule has 0 aliphatic rings. The summed E-state index contributed by atoms with van der Waals surface area (Å²) in [7, 11) is 0. The summed E-state index contributed by atoms with van der Waals surface area (Å²) >= 11 is 12.0. The van der Waals surface area contributed by atoms with E-state index in [0.29, 0.717) is 10.0 Å². The van der Waals surface area contributed by atoms with Crippen LogP contribution in [0.15, 0.2) is 71.3 Å². The second-order valence-corrected chi connectivity index (χ2v) is 7.02. The van der Waals surface area contributed by atoms with Gasteiger partial charge in [-0.3, -0.25) is 10.1 Å². The monoisotopic (exact) mass is 402 g/mol. The molecule has 0 saturated heterocycles. The molecule has 140 valence electrons. The third kappa shape index (κ3) is 5.13. The van der Waals surface area contributed by atoms with Crippen LogP contribution < -0.4 is 10.6 Å². The number of carbonyl (C=O) groups is 1. The number of rotatable bonds is 7. The Morgan fingerprint density at radius 1 is 1.00 bits per heavy atom. The van der Waals surface area contributed by atoms with E-state index in [9.17, 15) is 4.79 Å². The molecule has 1 amide bonds. The van der Waals surface area contributed by atoms with Gasteiger partial charge in [0.1, 0.15) is 5.76 Å². The largest absolute Gasteiger partial charge is 0.467 e. The summed E-state index contributed by atoms with van der Waals surface area (Å²) in [6, 6.07) is 18.5. The van der Waals surface area contributed by atoms with Gasteiger partial charge >= 0.3 is 0 Å². The Kier molecular flexibility index (Phi) is 6.56. The average molecular weight is 403 g/mol. The average Bonchev–Trinajstić information content (AvgIpc) is 3.19. The smallest absolute Gasteiger partial charge is 0.234 e. The molecule has 2 N–H and O–H groups in total. The normalized spacial score (nSPS) is 13.1. The Morgan fingerprint density at radius 2 is 1.78 bits per heavy atom. The molecule has 1 aromatic heterocycles. The maximum Gasteiger partial charge on any atom is 0.234 e. The van der Waals surface area contributed by atoms with Crippen molar-refractivity contribution in [1.29, 1.82) is 0 Å². The van der Waals surface area contributed by atoms with E-state index in [-0.39, 0.29) is 24.5 Å². The SMILES string of the molecule is C[C@@H](NC(=O)CN[C@H](c1ccccc1)c1ccco1)c1ccc(Cl)c(Cl)c1. The van der Waals surface area contributed by atoms with Crippen molar-refractivity contribution in [3.8, 4) is 0 Å². The summed E-state index contributed by atoms with van der Waals surface area (Å²) in [6.07, 6.45) is 1.62. The van der Waals surface area contributed by atoms with Crippen LogP contribution in [0, 0.1) is 0 Å². The van der Waals surface area contributed by atoms with Gasteiger partial charge in [0.05, 0.1) is 34.9 Å². The van der Waals surface area contributed by atoms with Crippen molar-refractivity contribution in [2.45, 2.75) is 19.0 Å². The molecular formula is C21H20Cl2N2O2. The van der Waals surface area contributed by atoms with Crippen LogP contribution in [0.3, 0.4) is 0 Å². The van der Waals surface area contributed by atoms with Crippen LogP contribution >= 0.6 is 23.2 Å². The minimum Gasteiger partial charge on any atom is -0.467 e. The van der Waals surface area contributed by atoms with Crippen molar-refractivity contribution >= 4 is 29.1 Å². The van der Waals surface area contributed by atoms with Crippen LogP contribution in [0.4, 0.5) is 0 Å². The molecule has 3 rings (SSSR count). The summed E-state index contributed by atoms with van der Waals surface area (Å²) in [5.74, 6) is 0.632. The topological polar surface area (TPSA) is 54.3 Å². The van der Waals surface area contributed by atoms with Crippen molar-refractivity contribution < 1.29 is 9.21 Å². The first-order valence-corrected chi connectivity index (χ1v) is 9.36. The summed E-state index contributed by atoms with van der Waals surface area (Å²) in [5.41, 5.74) is 1.92. The molecule has 0 radical (unpaired) electrons. The predicted octanol–water partition coefficient (Wildman–Crippen LogP) is 5.14. The molecule has 6 heteroatoms. The lowest BCUT2D eigenvalue weighted by Gasteiger charge is -2.19. The number of nitrogens with one attached hydrogen (secondary N) is 2. The van der Waals surface area contributed by atoms with Crippen molar-refractivity contribution in [2.75, 3.05) is 6.54 Å². The van der Waals surface area contributed by atoms with Gasteiger partial charge in [0.2, 0.25) is 5.91 Å². The van der Waals surface area contributed by atoms with E-state index in [1.165, 1.54) is 0 Å². The number of furan rings is 1. The maximum atomic E-state index is 12.4. The first-order chi connectivity index (χ1) is 13.0. The van der Waals surface area contributed by atoms with Crippen molar-refractivity contribution in [2.24, 2.45) is 0 Å². The molecule has 0 bridgehead atoms. The molecule has 0 aliphatic heterocycles. The molecule has 0 fully saturated rings. The second kappa shape index (κ2) is 9.09. The lowest BCUT2D eigenvalue weighted by atomic mass is 10.0. The summed E-state index contributed by atoms with van der Waals surface area (Å²) in [4.78, 5) is 12.4. The van der Waals surface area contributed by atoms with Gasteiger partial charge in [0.25, 0.3) is 0 Å². The van der Waals surface area contributed by atoms with Gasteiger partial charge in [-0.15, -0.1) is 0 Å². The number of halogens is 2. The van der Waals surface area contributed by atoms with Gasteiger partial charge in [-0.25, -0.2) is 0 Å². The van der Waals surface area contributed by atoms with Crippen LogP contribution in [-0.4, -0.2) is 12.5 Å². The van der Waals surface area contributed by atoms with Crippen LogP contribution in [-0.2, 0) is 4.79 Å². The van der Waals surface area contributed by atoms with Crippen LogP contribution in [0.1, 0.15) is 35.9 Å². The predicted molar refractivity (Wildman–Crippen MR) is 108 cm³/mol. The van der Waals surface area contributed by atoms with Gasteiger partial charge in [-0.2, -0.15) is 0 Å². The van der Waals surface area contributed by atoms with E-state index < -0.39 is 0 Å². The number of amides is 1. The van der Waals surface area contributed by atoms with E-state index in [0.717, 1.165) is 16.9 Å². The van der Waals surface area contributed by atoms with E-state index in [1.54, 1.807) is 18.4 Å². The minimum atomic E-state index is -0.202. The second-order valence-electron chi connectivity index (χ2n) is 6.20. The van der Waals surface area contributed by atoms with Gasteiger partial charge in [0.15, 0.2) is 0 Å². The van der Waals surface area contributed by atoms with E-state index in [1.807, 2.05) is 55.5 Å². The maximum absolute atomic E-state index is 12.4. The Labute approximate surface area is 168 Å². The molecule has 3 aromatic rings. The minimum absolute atomic E-state index is 0.124. The summed E-state index contributed by atoms with van der Waals surface area (Å²) in [6.45, 7) is 2.05. The zero-order valence-corrected chi connectivity index (χ0v) is 16.3. The third-order valence-electron chi connectivity index (χ3n) is 4.25. The molecule has 1 heterocycles. The van der Waals surface area contributed by atoms with Crippen LogP contribution in [0.25, 0.3) is 0 Å². The number of hydrogen-bond donors (Lipinski definition) is 2. The first-order valence-electron chi connectivity index (χ1n) is 8.60. The van der Waals surface area contributed by atoms with E-state index in [2.05, 4.69) is 10.6 Å². The first kappa shape index (κ1) is 19.5. The van der Waals surface area contributed by atoms with Crippen LogP contribution in [0.2, 0.25) is 10.0 Å². The van der Waals surface area contributed by atoms with Crippen molar-refractivity contribution in [3.63, 3.8) is 0 Å². The third-order valence-corrected chi connectivity index (χ3v) is 4.99. The zero-order valence-electron chi connectivity index (χ0n) is 14.8. The van der Waals surface area contributed by atoms with Gasteiger partial charge < -0.3 is 9.73 Å². The van der Waals surface area contributed by atoms with Crippen LogP contribution in [0.5, 0.6) is 0 Å². The molecule has 0 aliphatic carbocycles. The summed E-state index contributed by atoms with van der Waals surface area (Å²) in [5, 5.41) is 7.18. The number of hydrogen-bond acceptors (Lipinski definition) is 3. The fourth-order valence-electron chi connectivity index (χ4n) is 2.84. The molecule has 0 spiro atoms. The Bertz CT molecular complexity index is 882. The van der Waals surface area contributed by atoms with E-state index in [4.69, 9.17) is 27.6 Å². The van der Waals surface area contributed by atoms with Gasteiger partial charge in [0, 0.05) is 0 Å². The highest BCUT2D eigenvalue weighted by molar-refractivity contribution is 6.42. The lowest BCUT2D eigenvalue weighted by molar-refractivity contribution is -0.121. The summed E-state index contributed by atoms with van der Waals surface area (Å²) < 4.78 is 5.54. The molecule has 27 heavy (non-hydrogen) atoms. The highest BCUT2D eigenvalue weighted by Gasteiger charge is 2.18. The standard InChI is InChI=1S/C21H20Cl2N2O2/c1-14(16-9-10-17(22)18(23)12-16)25-20(26)13-24-21(19-8-5-11-27-19)15-6-3-2-4-7-15/h2-12,14,21,24H,13H2,1H3,(H,25,26)/t14-,21-/m1/s1. The highest BCUT2D eigenvalue weighted by atomic mass is 35.5. The lowest BCUT2D eigenvalue weighted by Crippen LogP contribution is -2.37. The van der Waals surface area contributed by atoms with Gasteiger partial charge in [-0.05, 0) is 42.3 Å². The molecule has 2 aromatic carbocycles. The Balaban J connectivity index is 1.63. The van der Waals surface area contributed by atoms with E-state index >= 15 is 0 Å². The molecule has 0 unspecified atom stereocenters. The zero-order chi connectivity index (χ0) is 19.2. The van der Waals surface area contributed by atoms with Gasteiger partial charge in [-0.1, -0.05) is 59.6 Å². The molecule has 0 saturated carbocycles. The molecular weight excluding hydrogens is 383 g/mol. The quantitative estimate of drug-likeness (QED) is 0.574. The molecule has 2 atom stereocenters. The highest BCUT2D eigenvalue weighted by Crippen LogP contribution is 2.25. The Hall–Kier alpha value is -2.27. The fraction of sp³-hybridized carbons (Fsp3) is 0.190. The van der Waals surface area contributed by atoms with Crippen molar-refractivity contribution in [3.05, 3.63) is 93.9 Å². The Morgan fingerprint density at radius 3 is 2.44 bits per heavy atom. The molecule has 4 nitrogen and oxygen atoms in total. The number of benzene rings is 2. The number of carbonyl (C=O) groups excluding carboxylic acids is 1. The fourth-order valence-corrected chi connectivity index (χ4v) is 3.14.